The molecule has 3 nitrogen and oxygen atoms in total. The number of aliphatic hydroxyl groups is 3. The molecule has 0 unspecified atom stereocenters. The lowest BCUT2D eigenvalue weighted by Gasteiger charge is -1.99. The number of aliphatic hydroxyl groups excluding tert-OH is 3. The molecule has 0 aromatic heterocycles. The predicted molar refractivity (Wildman–Crippen MR) is 75.2 cm³/mol. The zero-order valence-electron chi connectivity index (χ0n) is 10.9. The van der Waals surface area contributed by atoms with Crippen LogP contribution in [0.2, 0.25) is 0 Å². The van der Waals surface area contributed by atoms with E-state index < -0.39 is 12.2 Å². The van der Waals surface area contributed by atoms with Gasteiger partial charge in [-0.15, -0.1) is 0 Å². The van der Waals surface area contributed by atoms with E-state index >= 15 is 0 Å². The normalized spacial score (nSPS) is 16.4. The Morgan fingerprint density at radius 3 is 2.06 bits per heavy atom. The first-order valence-electron chi connectivity index (χ1n) is 6.34. The van der Waals surface area contributed by atoms with Crippen molar-refractivity contribution in [2.75, 3.05) is 6.61 Å². The molecule has 0 radical (unpaired) electrons. The molecule has 2 atom stereocenters. The van der Waals surface area contributed by atoms with Gasteiger partial charge in [0.1, 0.15) is 0 Å². The Morgan fingerprint density at radius 2 is 1.50 bits per heavy atom. The van der Waals surface area contributed by atoms with Crippen LogP contribution in [0.1, 0.15) is 26.2 Å². The summed E-state index contributed by atoms with van der Waals surface area (Å²) >= 11 is 0. The lowest BCUT2D eigenvalue weighted by Crippen LogP contribution is -2.03. The fourth-order valence-corrected chi connectivity index (χ4v) is 1.22. The third-order valence-corrected chi connectivity index (χ3v) is 2.20. The van der Waals surface area contributed by atoms with Crippen LogP contribution < -0.4 is 0 Å². The molecule has 0 saturated carbocycles. The summed E-state index contributed by atoms with van der Waals surface area (Å²) < 4.78 is 0. The van der Waals surface area contributed by atoms with Crippen LogP contribution in [-0.4, -0.2) is 34.1 Å². The second-order valence-corrected chi connectivity index (χ2v) is 3.92. The molecule has 18 heavy (non-hydrogen) atoms. The molecular formula is C15H24O3. The highest BCUT2D eigenvalue weighted by atomic mass is 16.3. The van der Waals surface area contributed by atoms with Crippen LogP contribution in [0.5, 0.6) is 0 Å². The van der Waals surface area contributed by atoms with Crippen LogP contribution in [0.4, 0.5) is 0 Å². The van der Waals surface area contributed by atoms with Crippen LogP contribution in [0.25, 0.3) is 0 Å². The van der Waals surface area contributed by atoms with Gasteiger partial charge in [-0.05, 0) is 19.3 Å². The standard InChI is InChI=1S/C15H24O3/c1-2-3-6-9-14(17)10-7-4-5-8-11-15(18)12-13-16/h3-8,10-11,14-18H,2,9,12-13H2,1H3/b5-4+,6-3-,10-7-,11-8+/t14-,15-/m0/s1. The molecule has 0 aliphatic carbocycles. The summed E-state index contributed by atoms with van der Waals surface area (Å²) in [6.45, 7) is 2.03. The van der Waals surface area contributed by atoms with E-state index in [1.807, 2.05) is 12.2 Å². The minimum atomic E-state index is -0.603. The second-order valence-electron chi connectivity index (χ2n) is 3.92. The smallest absolute Gasteiger partial charge is 0.0758 e. The number of allylic oxidation sites excluding steroid dienone is 5. The highest BCUT2D eigenvalue weighted by Gasteiger charge is 1.94. The maximum absolute atomic E-state index is 9.53. The monoisotopic (exact) mass is 252 g/mol. The minimum Gasteiger partial charge on any atom is -0.396 e. The molecule has 0 heterocycles. The first kappa shape index (κ1) is 16.8. The van der Waals surface area contributed by atoms with E-state index in [1.165, 1.54) is 0 Å². The van der Waals surface area contributed by atoms with E-state index in [0.717, 1.165) is 6.42 Å². The lowest BCUT2D eigenvalue weighted by atomic mass is 10.2. The van der Waals surface area contributed by atoms with Gasteiger partial charge in [-0.3, -0.25) is 0 Å². The van der Waals surface area contributed by atoms with Gasteiger partial charge in [0, 0.05) is 6.61 Å². The maximum Gasteiger partial charge on any atom is 0.0758 e. The van der Waals surface area contributed by atoms with Gasteiger partial charge in [-0.1, -0.05) is 55.5 Å². The third kappa shape index (κ3) is 11.3. The van der Waals surface area contributed by atoms with Crippen molar-refractivity contribution in [2.24, 2.45) is 0 Å². The Morgan fingerprint density at radius 1 is 0.889 bits per heavy atom. The van der Waals surface area contributed by atoms with Gasteiger partial charge in [-0.25, -0.2) is 0 Å². The van der Waals surface area contributed by atoms with Crippen LogP contribution in [-0.2, 0) is 0 Å². The lowest BCUT2D eigenvalue weighted by molar-refractivity contribution is 0.170. The van der Waals surface area contributed by atoms with Gasteiger partial charge in [0.25, 0.3) is 0 Å². The minimum absolute atomic E-state index is 0.0212. The first-order valence-corrected chi connectivity index (χ1v) is 6.34. The average Bonchev–Trinajstić information content (AvgIpc) is 2.34. The highest BCUT2D eigenvalue weighted by Crippen LogP contribution is 1.97. The van der Waals surface area contributed by atoms with Crippen LogP contribution in [0.3, 0.4) is 0 Å². The van der Waals surface area contributed by atoms with E-state index in [0.29, 0.717) is 12.8 Å². The molecule has 102 valence electrons. The zero-order chi connectivity index (χ0) is 13.6. The Kier molecular flexibility index (Phi) is 11.5. The van der Waals surface area contributed by atoms with E-state index in [1.54, 1.807) is 36.5 Å². The van der Waals surface area contributed by atoms with Gasteiger partial charge in [0.2, 0.25) is 0 Å². The summed E-state index contributed by atoms with van der Waals surface area (Å²) in [5.74, 6) is 0. The summed E-state index contributed by atoms with van der Waals surface area (Å²) in [5.41, 5.74) is 0. The summed E-state index contributed by atoms with van der Waals surface area (Å²) in [4.78, 5) is 0. The molecular weight excluding hydrogens is 228 g/mol. The molecule has 0 aliphatic heterocycles. The molecule has 0 rings (SSSR count). The first-order chi connectivity index (χ1) is 8.70. The van der Waals surface area contributed by atoms with Gasteiger partial charge < -0.3 is 15.3 Å². The van der Waals surface area contributed by atoms with E-state index in [9.17, 15) is 10.2 Å². The van der Waals surface area contributed by atoms with Crippen molar-refractivity contribution >= 4 is 0 Å². The van der Waals surface area contributed by atoms with Crippen molar-refractivity contribution in [1.29, 1.82) is 0 Å². The Balaban J connectivity index is 3.82. The average molecular weight is 252 g/mol. The predicted octanol–water partition coefficient (Wildman–Crippen LogP) is 2.12. The van der Waals surface area contributed by atoms with Crippen LogP contribution >= 0.6 is 0 Å². The fraction of sp³-hybridized carbons (Fsp3) is 0.467. The Bertz CT molecular complexity index is 290. The van der Waals surface area contributed by atoms with Crippen molar-refractivity contribution in [3.8, 4) is 0 Å². The van der Waals surface area contributed by atoms with Crippen LogP contribution in [0.15, 0.2) is 48.6 Å². The molecule has 0 aromatic carbocycles. The summed E-state index contributed by atoms with van der Waals surface area (Å²) in [6.07, 6.45) is 15.3. The highest BCUT2D eigenvalue weighted by molar-refractivity contribution is 5.13. The van der Waals surface area contributed by atoms with Crippen LogP contribution in [0, 0.1) is 0 Å². The third-order valence-electron chi connectivity index (χ3n) is 2.20. The largest absolute Gasteiger partial charge is 0.396 e. The molecule has 3 N–H and O–H groups in total. The summed E-state index contributed by atoms with van der Waals surface area (Å²) in [6, 6.07) is 0. The summed E-state index contributed by atoms with van der Waals surface area (Å²) in [5, 5.41) is 27.4. The van der Waals surface area contributed by atoms with Crippen molar-refractivity contribution < 1.29 is 15.3 Å². The molecule has 0 saturated heterocycles. The Labute approximate surface area is 109 Å². The van der Waals surface area contributed by atoms with E-state index in [-0.39, 0.29) is 6.61 Å². The Hall–Kier alpha value is -1.16. The number of hydrogen-bond acceptors (Lipinski definition) is 3. The van der Waals surface area contributed by atoms with E-state index in [2.05, 4.69) is 6.92 Å². The SMILES string of the molecule is CC/C=C\C[C@H](O)\C=C/C=C/C=C/[C@H](O)CCO. The van der Waals surface area contributed by atoms with Gasteiger partial charge in [-0.2, -0.15) is 0 Å². The number of hydrogen-bond donors (Lipinski definition) is 3. The van der Waals surface area contributed by atoms with Gasteiger partial charge in [0.15, 0.2) is 0 Å². The molecule has 0 fully saturated rings. The second kappa shape index (κ2) is 12.3. The maximum atomic E-state index is 9.53. The molecule has 0 aromatic rings. The van der Waals surface area contributed by atoms with E-state index in [4.69, 9.17) is 5.11 Å². The zero-order valence-corrected chi connectivity index (χ0v) is 10.9. The topological polar surface area (TPSA) is 60.7 Å². The van der Waals surface area contributed by atoms with Crippen molar-refractivity contribution in [3.63, 3.8) is 0 Å². The molecule has 0 aliphatic rings. The van der Waals surface area contributed by atoms with Crippen molar-refractivity contribution in [3.05, 3.63) is 48.6 Å². The fourth-order valence-electron chi connectivity index (χ4n) is 1.22. The van der Waals surface area contributed by atoms with Gasteiger partial charge in [0.05, 0.1) is 12.2 Å². The molecule has 0 bridgehead atoms. The molecule has 0 spiro atoms. The van der Waals surface area contributed by atoms with Gasteiger partial charge >= 0.3 is 0 Å². The van der Waals surface area contributed by atoms with Crippen molar-refractivity contribution in [1.82, 2.24) is 0 Å². The quantitative estimate of drug-likeness (QED) is 0.435. The molecule has 3 heteroatoms. The number of rotatable bonds is 9. The molecule has 0 amide bonds. The summed E-state index contributed by atoms with van der Waals surface area (Å²) in [7, 11) is 0. The van der Waals surface area contributed by atoms with Crippen molar-refractivity contribution in [2.45, 2.75) is 38.4 Å².